The maximum Gasteiger partial charge on any atom is 0.321 e. The molecule has 0 radical (unpaired) electrons. The third kappa shape index (κ3) is 5.28. The molecule has 1 aromatic carbocycles. The minimum Gasteiger partial charge on any atom is -0.370 e. The van der Waals surface area contributed by atoms with Crippen molar-refractivity contribution >= 4 is 17.6 Å². The highest BCUT2D eigenvalue weighted by Crippen LogP contribution is 2.38. The van der Waals surface area contributed by atoms with E-state index >= 15 is 0 Å². The molecule has 0 saturated carbocycles. The molecular formula is C24H34N4O3. The van der Waals surface area contributed by atoms with Gasteiger partial charge in [0, 0.05) is 50.5 Å². The van der Waals surface area contributed by atoms with Crippen molar-refractivity contribution in [3.8, 4) is 0 Å². The number of carbonyl (C=O) groups is 2. The van der Waals surface area contributed by atoms with Gasteiger partial charge in [0.05, 0.1) is 11.7 Å². The molecule has 2 N–H and O–H groups in total. The predicted molar refractivity (Wildman–Crippen MR) is 121 cm³/mol. The van der Waals surface area contributed by atoms with Gasteiger partial charge in [-0.15, -0.1) is 0 Å². The molecule has 7 heteroatoms. The molecule has 1 atom stereocenters. The largest absolute Gasteiger partial charge is 0.370 e. The van der Waals surface area contributed by atoms with Crippen molar-refractivity contribution in [3.63, 3.8) is 0 Å². The second-order valence-corrected chi connectivity index (χ2v) is 9.19. The van der Waals surface area contributed by atoms with Crippen molar-refractivity contribution in [3.05, 3.63) is 41.5 Å². The molecule has 3 saturated heterocycles. The highest BCUT2D eigenvalue weighted by Gasteiger charge is 2.42. The Labute approximate surface area is 184 Å². The molecule has 0 bridgehead atoms. The number of amides is 3. The number of benzene rings is 1. The van der Waals surface area contributed by atoms with Gasteiger partial charge in [0.2, 0.25) is 0 Å². The van der Waals surface area contributed by atoms with Crippen molar-refractivity contribution in [1.82, 2.24) is 15.5 Å². The van der Waals surface area contributed by atoms with Crippen molar-refractivity contribution < 1.29 is 14.3 Å². The SMILES string of the molecule is CC(C)=CCN1CCC2(CCC(CNC(=O)c3cccc(N4CCNC4=O)c3)O2)CC1. The quantitative estimate of drug-likeness (QED) is 0.686. The molecule has 3 amide bonds. The van der Waals surface area contributed by atoms with Gasteiger partial charge in [-0.3, -0.25) is 14.6 Å². The maximum atomic E-state index is 12.7. The van der Waals surface area contributed by atoms with E-state index in [1.807, 2.05) is 12.1 Å². The number of rotatable bonds is 6. The number of hydrogen-bond acceptors (Lipinski definition) is 4. The van der Waals surface area contributed by atoms with E-state index in [0.717, 1.165) is 51.0 Å². The minimum atomic E-state index is -0.123. The zero-order valence-electron chi connectivity index (χ0n) is 18.7. The number of carbonyl (C=O) groups excluding carboxylic acids is 2. The van der Waals surface area contributed by atoms with E-state index in [4.69, 9.17) is 4.74 Å². The van der Waals surface area contributed by atoms with Crippen molar-refractivity contribution in [2.24, 2.45) is 0 Å². The van der Waals surface area contributed by atoms with Gasteiger partial charge in [-0.2, -0.15) is 0 Å². The monoisotopic (exact) mass is 426 g/mol. The summed E-state index contributed by atoms with van der Waals surface area (Å²) in [6, 6.07) is 7.12. The van der Waals surface area contributed by atoms with Gasteiger partial charge in [-0.1, -0.05) is 17.7 Å². The summed E-state index contributed by atoms with van der Waals surface area (Å²) < 4.78 is 6.45. The van der Waals surface area contributed by atoms with Gasteiger partial charge in [-0.25, -0.2) is 4.79 Å². The second kappa shape index (κ2) is 9.40. The fourth-order valence-corrected chi connectivity index (χ4v) is 4.70. The number of nitrogens with one attached hydrogen (secondary N) is 2. The molecule has 3 fully saturated rings. The maximum absolute atomic E-state index is 12.7. The van der Waals surface area contributed by atoms with Crippen LogP contribution in [0.5, 0.6) is 0 Å². The molecule has 3 aliphatic rings. The predicted octanol–water partition coefficient (Wildman–Crippen LogP) is 2.93. The van der Waals surface area contributed by atoms with Gasteiger partial charge < -0.3 is 15.4 Å². The molecule has 0 aliphatic carbocycles. The molecule has 31 heavy (non-hydrogen) atoms. The van der Waals surface area contributed by atoms with E-state index in [1.165, 1.54) is 5.57 Å². The summed E-state index contributed by atoms with van der Waals surface area (Å²) >= 11 is 0. The Morgan fingerprint density at radius 2 is 2.06 bits per heavy atom. The van der Waals surface area contributed by atoms with Crippen LogP contribution in [-0.4, -0.2) is 67.8 Å². The summed E-state index contributed by atoms with van der Waals surface area (Å²) in [6.07, 6.45) is 6.55. The van der Waals surface area contributed by atoms with Crippen LogP contribution in [0.4, 0.5) is 10.5 Å². The van der Waals surface area contributed by atoms with Crippen LogP contribution in [0.3, 0.4) is 0 Å². The van der Waals surface area contributed by atoms with E-state index in [9.17, 15) is 9.59 Å². The Morgan fingerprint density at radius 3 is 2.77 bits per heavy atom. The normalized spacial score (nSPS) is 23.1. The number of nitrogens with zero attached hydrogens (tertiary/aromatic N) is 2. The third-order valence-electron chi connectivity index (χ3n) is 6.63. The third-order valence-corrected chi connectivity index (χ3v) is 6.63. The number of piperidine rings is 1. The smallest absolute Gasteiger partial charge is 0.321 e. The lowest BCUT2D eigenvalue weighted by Crippen LogP contribution is -2.45. The molecule has 0 aromatic heterocycles. The van der Waals surface area contributed by atoms with Crippen LogP contribution < -0.4 is 15.5 Å². The summed E-state index contributed by atoms with van der Waals surface area (Å²) in [7, 11) is 0. The first-order valence-electron chi connectivity index (χ1n) is 11.4. The van der Waals surface area contributed by atoms with Gasteiger partial charge >= 0.3 is 6.03 Å². The molecule has 1 unspecified atom stereocenters. The lowest BCUT2D eigenvalue weighted by Gasteiger charge is -2.39. The summed E-state index contributed by atoms with van der Waals surface area (Å²) in [4.78, 5) is 28.7. The number of likely N-dealkylation sites (tertiary alicyclic amines) is 1. The van der Waals surface area contributed by atoms with Crippen molar-refractivity contribution in [1.29, 1.82) is 0 Å². The van der Waals surface area contributed by atoms with E-state index in [0.29, 0.717) is 25.2 Å². The van der Waals surface area contributed by atoms with E-state index < -0.39 is 0 Å². The van der Waals surface area contributed by atoms with E-state index in [-0.39, 0.29) is 23.6 Å². The first kappa shape index (κ1) is 21.8. The van der Waals surface area contributed by atoms with Crippen LogP contribution >= 0.6 is 0 Å². The number of urea groups is 1. The molecular weight excluding hydrogens is 392 g/mol. The molecule has 168 valence electrons. The number of hydrogen-bond donors (Lipinski definition) is 2. The Bertz CT molecular complexity index is 841. The number of allylic oxidation sites excluding steroid dienone is 1. The molecule has 1 aromatic rings. The van der Waals surface area contributed by atoms with E-state index in [1.54, 1.807) is 17.0 Å². The average molecular weight is 427 g/mol. The molecule has 3 heterocycles. The second-order valence-electron chi connectivity index (χ2n) is 9.19. The Kier molecular flexibility index (Phi) is 6.62. The lowest BCUT2D eigenvalue weighted by molar-refractivity contribution is -0.0741. The van der Waals surface area contributed by atoms with Crippen LogP contribution in [0.15, 0.2) is 35.9 Å². The zero-order valence-corrected chi connectivity index (χ0v) is 18.7. The molecule has 1 spiro atoms. The first-order valence-corrected chi connectivity index (χ1v) is 11.4. The fraction of sp³-hybridized carbons (Fsp3) is 0.583. The van der Waals surface area contributed by atoms with Crippen LogP contribution in [0, 0.1) is 0 Å². The van der Waals surface area contributed by atoms with Crippen molar-refractivity contribution in [2.45, 2.75) is 51.2 Å². The highest BCUT2D eigenvalue weighted by atomic mass is 16.5. The molecule has 7 nitrogen and oxygen atoms in total. The van der Waals surface area contributed by atoms with Crippen LogP contribution in [0.25, 0.3) is 0 Å². The van der Waals surface area contributed by atoms with Crippen molar-refractivity contribution in [2.75, 3.05) is 44.2 Å². The zero-order chi connectivity index (χ0) is 21.8. The summed E-state index contributed by atoms with van der Waals surface area (Å²) in [5.41, 5.74) is 2.67. The number of anilines is 1. The van der Waals surface area contributed by atoms with E-state index in [2.05, 4.69) is 35.5 Å². The van der Waals surface area contributed by atoms with Gasteiger partial charge in [0.1, 0.15) is 0 Å². The average Bonchev–Trinajstić information content (AvgIpc) is 3.38. The lowest BCUT2D eigenvalue weighted by atomic mass is 9.88. The van der Waals surface area contributed by atoms with Crippen LogP contribution in [0.1, 0.15) is 49.9 Å². The summed E-state index contributed by atoms with van der Waals surface area (Å²) in [6.45, 7) is 9.22. The Balaban J connectivity index is 1.26. The molecule has 3 aliphatic heterocycles. The van der Waals surface area contributed by atoms with Gasteiger partial charge in [0.15, 0.2) is 0 Å². The fourth-order valence-electron chi connectivity index (χ4n) is 4.70. The number of ether oxygens (including phenoxy) is 1. The van der Waals surface area contributed by atoms with Crippen LogP contribution in [0.2, 0.25) is 0 Å². The standard InChI is InChI=1S/C24H34N4O3/c1-18(2)7-12-27-13-9-24(10-14-27)8-6-21(31-24)17-26-22(29)19-4-3-5-20(16-19)28-15-11-25-23(28)30/h3-5,7,16,21H,6,8-15,17H2,1-2H3,(H,25,30)(H,26,29). The topological polar surface area (TPSA) is 73.9 Å². The Hall–Kier alpha value is -2.38. The summed E-state index contributed by atoms with van der Waals surface area (Å²) in [5, 5.41) is 5.82. The van der Waals surface area contributed by atoms with Gasteiger partial charge in [-0.05, 0) is 57.7 Å². The Morgan fingerprint density at radius 1 is 1.26 bits per heavy atom. The highest BCUT2D eigenvalue weighted by molar-refractivity contribution is 5.98. The summed E-state index contributed by atoms with van der Waals surface area (Å²) in [5.74, 6) is -0.123. The first-order chi connectivity index (χ1) is 14.9. The van der Waals surface area contributed by atoms with Crippen LogP contribution in [-0.2, 0) is 4.74 Å². The molecule has 4 rings (SSSR count). The minimum absolute atomic E-state index is 0.0140. The van der Waals surface area contributed by atoms with Gasteiger partial charge in [0.25, 0.3) is 5.91 Å².